The summed E-state index contributed by atoms with van der Waals surface area (Å²) in [4.78, 5) is 0. The van der Waals surface area contributed by atoms with Gasteiger partial charge in [0.05, 0.1) is 6.10 Å². The van der Waals surface area contributed by atoms with Crippen molar-refractivity contribution in [2.75, 3.05) is 11.9 Å². The number of hydrogen-bond donors (Lipinski definition) is 2. The molecule has 0 aliphatic rings. The Bertz CT molecular complexity index is 574. The van der Waals surface area contributed by atoms with Crippen LogP contribution in [0.25, 0.3) is 0 Å². The van der Waals surface area contributed by atoms with Crippen molar-refractivity contribution in [3.05, 3.63) is 64.4 Å². The van der Waals surface area contributed by atoms with Crippen LogP contribution >= 0.6 is 11.6 Å². The third-order valence-corrected chi connectivity index (χ3v) is 3.28. The van der Waals surface area contributed by atoms with Crippen molar-refractivity contribution < 1.29 is 9.50 Å². The number of anilines is 1. The summed E-state index contributed by atoms with van der Waals surface area (Å²) in [5.41, 5.74) is 1.88. The molecular formula is C15H15ClFNO. The average molecular weight is 280 g/mol. The normalized spacial score (nSPS) is 12.2. The Morgan fingerprint density at radius 2 is 2.00 bits per heavy atom. The first-order chi connectivity index (χ1) is 9.08. The summed E-state index contributed by atoms with van der Waals surface area (Å²) in [7, 11) is 0. The van der Waals surface area contributed by atoms with Crippen LogP contribution in [0, 0.1) is 12.7 Å². The minimum absolute atomic E-state index is 0.266. The molecule has 0 aliphatic heterocycles. The van der Waals surface area contributed by atoms with E-state index < -0.39 is 6.10 Å². The predicted molar refractivity (Wildman–Crippen MR) is 76.0 cm³/mol. The monoisotopic (exact) mass is 279 g/mol. The van der Waals surface area contributed by atoms with Crippen molar-refractivity contribution in [3.63, 3.8) is 0 Å². The summed E-state index contributed by atoms with van der Waals surface area (Å²) in [5.74, 6) is -0.266. The van der Waals surface area contributed by atoms with Gasteiger partial charge in [-0.15, -0.1) is 0 Å². The zero-order valence-electron chi connectivity index (χ0n) is 10.5. The van der Waals surface area contributed by atoms with E-state index in [1.54, 1.807) is 37.3 Å². The highest BCUT2D eigenvalue weighted by Gasteiger charge is 2.10. The summed E-state index contributed by atoms with van der Waals surface area (Å²) in [6.07, 6.45) is -0.738. The SMILES string of the molecule is Cc1ccc(NCC(O)c2ccccc2Cl)cc1F. The Balaban J connectivity index is 2.02. The molecule has 0 saturated carbocycles. The lowest BCUT2D eigenvalue weighted by Gasteiger charge is -2.14. The predicted octanol–water partition coefficient (Wildman–Crippen LogP) is 3.93. The Morgan fingerprint density at radius 1 is 1.26 bits per heavy atom. The van der Waals surface area contributed by atoms with E-state index in [1.807, 2.05) is 6.07 Å². The Morgan fingerprint density at radius 3 is 2.68 bits per heavy atom. The molecule has 2 nitrogen and oxygen atoms in total. The van der Waals surface area contributed by atoms with Gasteiger partial charge in [-0.3, -0.25) is 0 Å². The van der Waals surface area contributed by atoms with Gasteiger partial charge >= 0.3 is 0 Å². The fourth-order valence-electron chi connectivity index (χ4n) is 1.77. The van der Waals surface area contributed by atoms with E-state index in [0.717, 1.165) is 0 Å². The first-order valence-corrected chi connectivity index (χ1v) is 6.38. The van der Waals surface area contributed by atoms with Gasteiger partial charge in [-0.25, -0.2) is 4.39 Å². The molecule has 0 radical (unpaired) electrons. The quantitative estimate of drug-likeness (QED) is 0.889. The minimum Gasteiger partial charge on any atom is -0.387 e. The van der Waals surface area contributed by atoms with E-state index in [2.05, 4.69) is 5.32 Å². The molecule has 2 N–H and O–H groups in total. The van der Waals surface area contributed by atoms with Gasteiger partial charge in [0.1, 0.15) is 5.82 Å². The van der Waals surface area contributed by atoms with E-state index in [0.29, 0.717) is 21.8 Å². The summed E-state index contributed by atoms with van der Waals surface area (Å²) in [5, 5.41) is 13.6. The van der Waals surface area contributed by atoms with Crippen LogP contribution in [-0.4, -0.2) is 11.7 Å². The number of hydrogen-bond acceptors (Lipinski definition) is 2. The molecule has 0 heterocycles. The first-order valence-electron chi connectivity index (χ1n) is 6.00. The maximum Gasteiger partial charge on any atom is 0.128 e. The van der Waals surface area contributed by atoms with Gasteiger partial charge in [0, 0.05) is 22.8 Å². The number of aliphatic hydroxyl groups is 1. The highest BCUT2D eigenvalue weighted by atomic mass is 35.5. The van der Waals surface area contributed by atoms with Crippen LogP contribution < -0.4 is 5.32 Å². The molecule has 0 saturated heterocycles. The fraction of sp³-hybridized carbons (Fsp3) is 0.200. The van der Waals surface area contributed by atoms with Crippen LogP contribution in [0.2, 0.25) is 5.02 Å². The first kappa shape index (κ1) is 13.8. The van der Waals surface area contributed by atoms with E-state index in [-0.39, 0.29) is 12.4 Å². The zero-order valence-corrected chi connectivity index (χ0v) is 11.3. The standard InChI is InChI=1S/C15H15ClFNO/c1-10-6-7-11(8-14(10)17)18-9-15(19)12-4-2-3-5-13(12)16/h2-8,15,18-19H,9H2,1H3. The largest absolute Gasteiger partial charge is 0.387 e. The fourth-order valence-corrected chi connectivity index (χ4v) is 2.03. The van der Waals surface area contributed by atoms with Crippen molar-refractivity contribution in [2.45, 2.75) is 13.0 Å². The number of rotatable bonds is 4. The Hall–Kier alpha value is -1.58. The molecule has 2 aromatic rings. The minimum atomic E-state index is -0.738. The Labute approximate surface area is 116 Å². The zero-order chi connectivity index (χ0) is 13.8. The molecule has 1 atom stereocenters. The molecule has 2 aromatic carbocycles. The second-order valence-electron chi connectivity index (χ2n) is 4.38. The van der Waals surface area contributed by atoms with Gasteiger partial charge < -0.3 is 10.4 Å². The van der Waals surface area contributed by atoms with E-state index >= 15 is 0 Å². The summed E-state index contributed by atoms with van der Waals surface area (Å²) in [6, 6.07) is 12.0. The van der Waals surface area contributed by atoms with Crippen molar-refractivity contribution in [1.29, 1.82) is 0 Å². The summed E-state index contributed by atoms with van der Waals surface area (Å²) in [6.45, 7) is 1.98. The molecule has 1 unspecified atom stereocenters. The molecule has 2 rings (SSSR count). The topological polar surface area (TPSA) is 32.3 Å². The van der Waals surface area contributed by atoms with Crippen molar-refractivity contribution in [1.82, 2.24) is 0 Å². The van der Waals surface area contributed by atoms with Gasteiger partial charge in [0.15, 0.2) is 0 Å². The second kappa shape index (κ2) is 6.04. The lowest BCUT2D eigenvalue weighted by molar-refractivity contribution is 0.191. The van der Waals surface area contributed by atoms with Crippen LogP contribution in [0.1, 0.15) is 17.2 Å². The van der Waals surface area contributed by atoms with Crippen molar-refractivity contribution in [2.24, 2.45) is 0 Å². The van der Waals surface area contributed by atoms with Gasteiger partial charge in [0.25, 0.3) is 0 Å². The highest BCUT2D eigenvalue weighted by Crippen LogP contribution is 2.23. The number of aliphatic hydroxyl groups excluding tert-OH is 1. The molecule has 0 amide bonds. The molecule has 100 valence electrons. The molecule has 0 fully saturated rings. The molecule has 19 heavy (non-hydrogen) atoms. The van der Waals surface area contributed by atoms with Crippen LogP contribution in [0.4, 0.5) is 10.1 Å². The van der Waals surface area contributed by atoms with E-state index in [1.165, 1.54) is 6.07 Å². The molecular weight excluding hydrogens is 265 g/mol. The number of benzene rings is 2. The van der Waals surface area contributed by atoms with E-state index in [4.69, 9.17) is 11.6 Å². The van der Waals surface area contributed by atoms with Crippen molar-refractivity contribution >= 4 is 17.3 Å². The van der Waals surface area contributed by atoms with E-state index in [9.17, 15) is 9.50 Å². The van der Waals surface area contributed by atoms with Crippen LogP contribution in [0.15, 0.2) is 42.5 Å². The molecule has 0 aromatic heterocycles. The maximum absolute atomic E-state index is 13.4. The smallest absolute Gasteiger partial charge is 0.128 e. The molecule has 0 bridgehead atoms. The molecule has 0 spiro atoms. The van der Waals surface area contributed by atoms with Crippen LogP contribution in [-0.2, 0) is 0 Å². The third kappa shape index (κ3) is 3.46. The van der Waals surface area contributed by atoms with Gasteiger partial charge in [-0.2, -0.15) is 0 Å². The molecule has 0 aliphatic carbocycles. The Kier molecular flexibility index (Phi) is 4.40. The molecule has 4 heteroatoms. The lowest BCUT2D eigenvalue weighted by Crippen LogP contribution is -2.12. The summed E-state index contributed by atoms with van der Waals surface area (Å²) >= 11 is 6.00. The number of aryl methyl sites for hydroxylation is 1. The summed E-state index contributed by atoms with van der Waals surface area (Å²) < 4.78 is 13.4. The number of halogens is 2. The van der Waals surface area contributed by atoms with Crippen LogP contribution in [0.5, 0.6) is 0 Å². The van der Waals surface area contributed by atoms with Crippen molar-refractivity contribution in [3.8, 4) is 0 Å². The van der Waals surface area contributed by atoms with Gasteiger partial charge in [0.2, 0.25) is 0 Å². The van der Waals surface area contributed by atoms with Crippen LogP contribution in [0.3, 0.4) is 0 Å². The maximum atomic E-state index is 13.4. The highest BCUT2D eigenvalue weighted by molar-refractivity contribution is 6.31. The average Bonchev–Trinajstić information content (AvgIpc) is 2.40. The third-order valence-electron chi connectivity index (χ3n) is 2.94. The van der Waals surface area contributed by atoms with Gasteiger partial charge in [-0.05, 0) is 30.7 Å². The van der Waals surface area contributed by atoms with Gasteiger partial charge in [-0.1, -0.05) is 35.9 Å². The lowest BCUT2D eigenvalue weighted by atomic mass is 10.1. The number of nitrogens with one attached hydrogen (secondary N) is 1. The second-order valence-corrected chi connectivity index (χ2v) is 4.79.